The fourth-order valence-electron chi connectivity index (χ4n) is 2.54. The summed E-state index contributed by atoms with van der Waals surface area (Å²) in [5.74, 6) is -1.40. The number of amides is 1. The number of ketones is 1. The molecule has 0 unspecified atom stereocenters. The second-order valence-electron chi connectivity index (χ2n) is 4.96. The molecule has 1 amide bonds. The first-order chi connectivity index (χ1) is 9.50. The third-order valence-electron chi connectivity index (χ3n) is 3.64. The molecule has 1 saturated heterocycles. The highest BCUT2D eigenvalue weighted by molar-refractivity contribution is 7.89. The number of sulfonamides is 1. The molecule has 3 rings (SSSR count). The third kappa shape index (κ3) is 2.03. The topological polar surface area (TPSA) is 83.6 Å². The number of anilines is 1. The molecule has 1 fully saturated rings. The Morgan fingerprint density at radius 2 is 1.75 bits per heavy atom. The lowest BCUT2D eigenvalue weighted by Gasteiger charge is -2.25. The molecule has 0 atom stereocenters. The molecule has 6 nitrogen and oxygen atoms in total. The van der Waals surface area contributed by atoms with Crippen LogP contribution in [0.4, 0.5) is 5.69 Å². The van der Waals surface area contributed by atoms with E-state index >= 15 is 0 Å². The van der Waals surface area contributed by atoms with Gasteiger partial charge in [0.1, 0.15) is 0 Å². The van der Waals surface area contributed by atoms with Gasteiger partial charge in [0, 0.05) is 13.1 Å². The molecule has 0 radical (unpaired) electrons. The summed E-state index contributed by atoms with van der Waals surface area (Å²) >= 11 is 0. The van der Waals surface area contributed by atoms with E-state index in [0.29, 0.717) is 18.8 Å². The molecule has 0 aliphatic carbocycles. The van der Waals surface area contributed by atoms with Crippen molar-refractivity contribution in [1.29, 1.82) is 0 Å². The van der Waals surface area contributed by atoms with Crippen LogP contribution < -0.4 is 5.32 Å². The first kappa shape index (κ1) is 13.3. The zero-order valence-electron chi connectivity index (χ0n) is 10.8. The van der Waals surface area contributed by atoms with Crippen LogP contribution in [0.15, 0.2) is 23.1 Å². The molecule has 0 bridgehead atoms. The van der Waals surface area contributed by atoms with Gasteiger partial charge in [0.15, 0.2) is 0 Å². The van der Waals surface area contributed by atoms with Gasteiger partial charge in [-0.15, -0.1) is 0 Å². The fourth-order valence-corrected chi connectivity index (χ4v) is 4.08. The standard InChI is InChI=1S/C13H14N2O4S/c16-12-10-8-9(4-5-11(10)14-13(12)17)20(18,19)15-6-2-1-3-7-15/h4-5,8H,1-3,6-7H2,(H,14,16,17). The van der Waals surface area contributed by atoms with Gasteiger partial charge in [0.05, 0.1) is 16.1 Å². The Hall–Kier alpha value is -1.73. The molecule has 2 aliphatic heterocycles. The maximum Gasteiger partial charge on any atom is 0.296 e. The number of nitrogens with one attached hydrogen (secondary N) is 1. The molecule has 1 N–H and O–H groups in total. The molecule has 106 valence electrons. The largest absolute Gasteiger partial charge is 0.318 e. The van der Waals surface area contributed by atoms with Crippen LogP contribution in [-0.4, -0.2) is 37.5 Å². The van der Waals surface area contributed by atoms with Crippen LogP contribution in [0.2, 0.25) is 0 Å². The van der Waals surface area contributed by atoms with Gasteiger partial charge in [-0.1, -0.05) is 6.42 Å². The minimum absolute atomic E-state index is 0.0722. The van der Waals surface area contributed by atoms with E-state index < -0.39 is 21.7 Å². The van der Waals surface area contributed by atoms with E-state index in [1.54, 1.807) is 0 Å². The Labute approximate surface area is 116 Å². The number of benzene rings is 1. The average Bonchev–Trinajstić information content (AvgIpc) is 2.75. The Morgan fingerprint density at radius 3 is 2.45 bits per heavy atom. The predicted molar refractivity (Wildman–Crippen MR) is 72.0 cm³/mol. The Morgan fingerprint density at radius 1 is 1.05 bits per heavy atom. The van der Waals surface area contributed by atoms with E-state index in [-0.39, 0.29) is 10.5 Å². The third-order valence-corrected chi connectivity index (χ3v) is 5.54. The number of fused-ring (bicyclic) bond motifs is 1. The molecule has 0 spiro atoms. The van der Waals surface area contributed by atoms with E-state index in [1.807, 2.05) is 0 Å². The molecular weight excluding hydrogens is 280 g/mol. The first-order valence-electron chi connectivity index (χ1n) is 6.50. The smallest absolute Gasteiger partial charge is 0.296 e. The molecule has 2 heterocycles. The summed E-state index contributed by atoms with van der Waals surface area (Å²) in [7, 11) is -3.58. The van der Waals surface area contributed by atoms with Crippen LogP contribution in [-0.2, 0) is 14.8 Å². The highest BCUT2D eigenvalue weighted by atomic mass is 32.2. The Bertz CT molecular complexity index is 690. The fraction of sp³-hybridized carbons (Fsp3) is 0.385. The van der Waals surface area contributed by atoms with Gasteiger partial charge in [0.25, 0.3) is 11.7 Å². The second-order valence-corrected chi connectivity index (χ2v) is 6.89. The summed E-state index contributed by atoms with van der Waals surface area (Å²) in [6, 6.07) is 4.19. The summed E-state index contributed by atoms with van der Waals surface area (Å²) in [5, 5.41) is 2.41. The van der Waals surface area contributed by atoms with Gasteiger partial charge in [-0.3, -0.25) is 9.59 Å². The molecule has 1 aromatic rings. The van der Waals surface area contributed by atoms with Crippen LogP contribution in [0.1, 0.15) is 29.6 Å². The summed E-state index contributed by atoms with van der Waals surface area (Å²) < 4.78 is 26.4. The van der Waals surface area contributed by atoms with Crippen LogP contribution >= 0.6 is 0 Å². The van der Waals surface area contributed by atoms with Gasteiger partial charge in [0.2, 0.25) is 10.0 Å². The maximum absolute atomic E-state index is 12.5. The van der Waals surface area contributed by atoms with E-state index in [4.69, 9.17) is 0 Å². The van der Waals surface area contributed by atoms with Crippen LogP contribution in [0.3, 0.4) is 0 Å². The molecule has 7 heteroatoms. The first-order valence-corrected chi connectivity index (χ1v) is 7.94. The van der Waals surface area contributed by atoms with Crippen molar-refractivity contribution in [3.63, 3.8) is 0 Å². The number of rotatable bonds is 2. The molecular formula is C13H14N2O4S. The number of carbonyl (C=O) groups excluding carboxylic acids is 2. The average molecular weight is 294 g/mol. The minimum Gasteiger partial charge on any atom is -0.318 e. The number of nitrogens with zero attached hydrogens (tertiary/aromatic N) is 1. The van der Waals surface area contributed by atoms with Gasteiger partial charge in [-0.25, -0.2) is 8.42 Å². The summed E-state index contributed by atoms with van der Waals surface area (Å²) in [5.41, 5.74) is 0.505. The molecule has 0 saturated carbocycles. The van der Waals surface area contributed by atoms with E-state index in [0.717, 1.165) is 19.3 Å². The van der Waals surface area contributed by atoms with E-state index in [9.17, 15) is 18.0 Å². The minimum atomic E-state index is -3.58. The zero-order valence-corrected chi connectivity index (χ0v) is 11.6. The van der Waals surface area contributed by atoms with Crippen LogP contribution in [0.5, 0.6) is 0 Å². The molecule has 0 aromatic heterocycles. The van der Waals surface area contributed by atoms with Gasteiger partial charge < -0.3 is 5.32 Å². The molecule has 2 aliphatic rings. The van der Waals surface area contributed by atoms with Crippen molar-refractivity contribution in [1.82, 2.24) is 4.31 Å². The zero-order chi connectivity index (χ0) is 14.3. The van der Waals surface area contributed by atoms with Crippen molar-refractivity contribution < 1.29 is 18.0 Å². The number of hydrogen-bond acceptors (Lipinski definition) is 4. The van der Waals surface area contributed by atoms with E-state index in [1.165, 1.54) is 22.5 Å². The van der Waals surface area contributed by atoms with Crippen molar-refractivity contribution in [3.8, 4) is 0 Å². The van der Waals surface area contributed by atoms with Gasteiger partial charge in [-0.05, 0) is 31.0 Å². The van der Waals surface area contributed by atoms with Crippen LogP contribution in [0.25, 0.3) is 0 Å². The molecule has 1 aromatic carbocycles. The van der Waals surface area contributed by atoms with Crippen molar-refractivity contribution in [2.24, 2.45) is 0 Å². The summed E-state index contributed by atoms with van der Waals surface area (Å²) in [6.45, 7) is 1.01. The molecule has 20 heavy (non-hydrogen) atoms. The van der Waals surface area contributed by atoms with E-state index in [2.05, 4.69) is 5.32 Å². The van der Waals surface area contributed by atoms with Crippen molar-refractivity contribution >= 4 is 27.4 Å². The summed E-state index contributed by atoms with van der Waals surface area (Å²) in [4.78, 5) is 23.0. The van der Waals surface area contributed by atoms with Crippen molar-refractivity contribution in [3.05, 3.63) is 23.8 Å². The number of piperidine rings is 1. The lowest BCUT2D eigenvalue weighted by atomic mass is 10.1. The highest BCUT2D eigenvalue weighted by Crippen LogP contribution is 2.28. The van der Waals surface area contributed by atoms with Gasteiger partial charge >= 0.3 is 0 Å². The lowest BCUT2D eigenvalue weighted by Crippen LogP contribution is -2.35. The normalized spacial score (nSPS) is 19.8. The van der Waals surface area contributed by atoms with Crippen molar-refractivity contribution in [2.75, 3.05) is 18.4 Å². The van der Waals surface area contributed by atoms with Gasteiger partial charge in [-0.2, -0.15) is 4.31 Å². The number of hydrogen-bond donors (Lipinski definition) is 1. The number of Topliss-reactive ketones (excluding diaryl/α,β-unsaturated/α-hetero) is 1. The maximum atomic E-state index is 12.5. The monoisotopic (exact) mass is 294 g/mol. The second kappa shape index (κ2) is 4.68. The Balaban J connectivity index is 1.99. The Kier molecular flexibility index (Phi) is 3.10. The van der Waals surface area contributed by atoms with Crippen LogP contribution in [0, 0.1) is 0 Å². The lowest BCUT2D eigenvalue weighted by molar-refractivity contribution is -0.112. The summed E-state index contributed by atoms with van der Waals surface area (Å²) in [6.07, 6.45) is 2.74. The number of carbonyl (C=O) groups is 2. The quantitative estimate of drug-likeness (QED) is 0.825. The predicted octanol–water partition coefficient (Wildman–Crippen LogP) is 0.996. The SMILES string of the molecule is O=C1Nc2ccc(S(=O)(=O)N3CCCCC3)cc2C1=O. The van der Waals surface area contributed by atoms with Crippen molar-refractivity contribution in [2.45, 2.75) is 24.2 Å². The highest BCUT2D eigenvalue weighted by Gasteiger charge is 2.32.